The standard InChI is InChI=1S/C14H17ClN2O2/c1-9-6-13(18)16-10(2)14(19)17(9)8-11-4-3-5-12(15)7-11/h3-5,7,9-10H,6,8H2,1-2H3,(H,16,18). The van der Waals surface area contributed by atoms with Gasteiger partial charge in [0, 0.05) is 24.0 Å². The van der Waals surface area contributed by atoms with Crippen LogP contribution in [0.3, 0.4) is 0 Å². The van der Waals surface area contributed by atoms with E-state index in [0.29, 0.717) is 18.0 Å². The highest BCUT2D eigenvalue weighted by Gasteiger charge is 2.31. The van der Waals surface area contributed by atoms with Gasteiger partial charge in [0.1, 0.15) is 6.04 Å². The molecule has 0 spiro atoms. The van der Waals surface area contributed by atoms with E-state index in [4.69, 9.17) is 11.6 Å². The molecule has 2 atom stereocenters. The van der Waals surface area contributed by atoms with E-state index in [1.807, 2.05) is 25.1 Å². The van der Waals surface area contributed by atoms with Gasteiger partial charge in [-0.15, -0.1) is 0 Å². The molecule has 2 unspecified atom stereocenters. The molecule has 0 aromatic heterocycles. The molecule has 0 saturated carbocycles. The first-order valence-corrected chi connectivity index (χ1v) is 6.69. The van der Waals surface area contributed by atoms with Gasteiger partial charge >= 0.3 is 0 Å². The monoisotopic (exact) mass is 280 g/mol. The van der Waals surface area contributed by atoms with Crippen molar-refractivity contribution in [2.45, 2.75) is 38.9 Å². The zero-order valence-corrected chi connectivity index (χ0v) is 11.8. The lowest BCUT2D eigenvalue weighted by Gasteiger charge is -2.28. The molecule has 1 N–H and O–H groups in total. The Bertz CT molecular complexity index is 504. The molecule has 1 aliphatic rings. The number of amides is 2. The van der Waals surface area contributed by atoms with Crippen LogP contribution in [0.25, 0.3) is 0 Å². The Morgan fingerprint density at radius 1 is 1.37 bits per heavy atom. The van der Waals surface area contributed by atoms with Crippen LogP contribution in [0.1, 0.15) is 25.8 Å². The Hall–Kier alpha value is -1.55. The van der Waals surface area contributed by atoms with Crippen molar-refractivity contribution in [3.05, 3.63) is 34.9 Å². The van der Waals surface area contributed by atoms with Crippen LogP contribution in [-0.2, 0) is 16.1 Å². The molecule has 1 heterocycles. The van der Waals surface area contributed by atoms with E-state index in [-0.39, 0.29) is 17.9 Å². The fourth-order valence-electron chi connectivity index (χ4n) is 2.27. The van der Waals surface area contributed by atoms with Crippen molar-refractivity contribution in [2.24, 2.45) is 0 Å². The number of benzene rings is 1. The fraction of sp³-hybridized carbons (Fsp3) is 0.429. The third kappa shape index (κ3) is 3.26. The first-order valence-electron chi connectivity index (χ1n) is 6.31. The van der Waals surface area contributed by atoms with Crippen LogP contribution in [0.15, 0.2) is 24.3 Å². The van der Waals surface area contributed by atoms with Crippen LogP contribution in [0, 0.1) is 0 Å². The molecular formula is C14H17ClN2O2. The molecule has 2 amide bonds. The van der Waals surface area contributed by atoms with Crippen molar-refractivity contribution >= 4 is 23.4 Å². The number of carbonyl (C=O) groups excluding carboxylic acids is 2. The van der Waals surface area contributed by atoms with E-state index in [2.05, 4.69) is 5.32 Å². The largest absolute Gasteiger partial charge is 0.345 e. The van der Waals surface area contributed by atoms with Crippen molar-refractivity contribution in [2.75, 3.05) is 0 Å². The summed E-state index contributed by atoms with van der Waals surface area (Å²) < 4.78 is 0. The van der Waals surface area contributed by atoms with Crippen molar-refractivity contribution in [1.29, 1.82) is 0 Å². The van der Waals surface area contributed by atoms with Gasteiger partial charge in [0.05, 0.1) is 0 Å². The first kappa shape index (κ1) is 13.9. The van der Waals surface area contributed by atoms with Crippen LogP contribution in [0.4, 0.5) is 0 Å². The van der Waals surface area contributed by atoms with Gasteiger partial charge in [-0.25, -0.2) is 0 Å². The Morgan fingerprint density at radius 2 is 2.11 bits per heavy atom. The minimum absolute atomic E-state index is 0.0571. The lowest BCUT2D eigenvalue weighted by molar-refractivity contribution is -0.135. The normalized spacial score (nSPS) is 24.1. The van der Waals surface area contributed by atoms with E-state index in [1.54, 1.807) is 17.9 Å². The molecule has 1 aromatic rings. The van der Waals surface area contributed by atoms with Gasteiger partial charge in [-0.2, -0.15) is 0 Å². The summed E-state index contributed by atoms with van der Waals surface area (Å²) in [6, 6.07) is 6.83. The van der Waals surface area contributed by atoms with E-state index < -0.39 is 6.04 Å². The van der Waals surface area contributed by atoms with E-state index >= 15 is 0 Å². The summed E-state index contributed by atoms with van der Waals surface area (Å²) in [7, 11) is 0. The number of carbonyl (C=O) groups is 2. The zero-order valence-electron chi connectivity index (χ0n) is 11.0. The summed E-state index contributed by atoms with van der Waals surface area (Å²) in [5, 5.41) is 3.34. The molecule has 1 aliphatic heterocycles. The third-order valence-corrected chi connectivity index (χ3v) is 3.52. The summed E-state index contributed by atoms with van der Waals surface area (Å²) >= 11 is 5.95. The second-order valence-electron chi connectivity index (χ2n) is 4.94. The van der Waals surface area contributed by atoms with Crippen molar-refractivity contribution in [3.63, 3.8) is 0 Å². The molecule has 1 fully saturated rings. The van der Waals surface area contributed by atoms with Crippen LogP contribution >= 0.6 is 11.6 Å². The number of rotatable bonds is 2. The molecule has 2 rings (SSSR count). The number of hydrogen-bond donors (Lipinski definition) is 1. The molecule has 4 nitrogen and oxygen atoms in total. The Kier molecular flexibility index (Phi) is 4.10. The molecule has 0 aliphatic carbocycles. The number of nitrogens with one attached hydrogen (secondary N) is 1. The van der Waals surface area contributed by atoms with Crippen LogP contribution < -0.4 is 5.32 Å². The van der Waals surface area contributed by atoms with E-state index in [1.165, 1.54) is 0 Å². The zero-order chi connectivity index (χ0) is 14.0. The fourth-order valence-corrected chi connectivity index (χ4v) is 2.49. The minimum atomic E-state index is -0.475. The van der Waals surface area contributed by atoms with Crippen molar-refractivity contribution in [1.82, 2.24) is 10.2 Å². The van der Waals surface area contributed by atoms with Gasteiger partial charge in [0.25, 0.3) is 0 Å². The maximum absolute atomic E-state index is 12.3. The molecule has 0 bridgehead atoms. The topological polar surface area (TPSA) is 49.4 Å². The average molecular weight is 281 g/mol. The second kappa shape index (κ2) is 5.61. The summed E-state index contributed by atoms with van der Waals surface area (Å²) in [5.74, 6) is -0.139. The van der Waals surface area contributed by atoms with Gasteiger partial charge < -0.3 is 10.2 Å². The van der Waals surface area contributed by atoms with Gasteiger partial charge in [0.2, 0.25) is 11.8 Å². The van der Waals surface area contributed by atoms with Gasteiger partial charge in [-0.05, 0) is 31.5 Å². The third-order valence-electron chi connectivity index (χ3n) is 3.29. The smallest absolute Gasteiger partial charge is 0.245 e. The highest BCUT2D eigenvalue weighted by atomic mass is 35.5. The molecule has 0 radical (unpaired) electrons. The summed E-state index contributed by atoms with van der Waals surface area (Å²) in [6.07, 6.45) is 0.330. The molecular weight excluding hydrogens is 264 g/mol. The minimum Gasteiger partial charge on any atom is -0.345 e. The summed E-state index contributed by atoms with van der Waals surface area (Å²) in [5.41, 5.74) is 0.967. The van der Waals surface area contributed by atoms with Crippen LogP contribution in [-0.4, -0.2) is 28.8 Å². The highest BCUT2D eigenvalue weighted by Crippen LogP contribution is 2.18. The van der Waals surface area contributed by atoms with Crippen LogP contribution in [0.5, 0.6) is 0 Å². The summed E-state index contributed by atoms with van der Waals surface area (Å²) in [4.78, 5) is 25.6. The number of hydrogen-bond acceptors (Lipinski definition) is 2. The molecule has 1 saturated heterocycles. The van der Waals surface area contributed by atoms with Crippen molar-refractivity contribution in [3.8, 4) is 0 Å². The average Bonchev–Trinajstić information content (AvgIpc) is 2.41. The van der Waals surface area contributed by atoms with E-state index in [9.17, 15) is 9.59 Å². The van der Waals surface area contributed by atoms with Gasteiger partial charge in [-0.3, -0.25) is 9.59 Å². The lowest BCUT2D eigenvalue weighted by atomic mass is 10.1. The van der Waals surface area contributed by atoms with Crippen molar-refractivity contribution < 1.29 is 9.59 Å². The Morgan fingerprint density at radius 3 is 2.79 bits per heavy atom. The summed E-state index contributed by atoms with van der Waals surface area (Å²) in [6.45, 7) is 4.07. The Balaban J connectivity index is 2.21. The predicted molar refractivity (Wildman–Crippen MR) is 73.7 cm³/mol. The lowest BCUT2D eigenvalue weighted by Crippen LogP contribution is -2.44. The number of halogens is 1. The molecule has 102 valence electrons. The van der Waals surface area contributed by atoms with Gasteiger partial charge in [-0.1, -0.05) is 23.7 Å². The molecule has 5 heteroatoms. The maximum Gasteiger partial charge on any atom is 0.245 e. The maximum atomic E-state index is 12.3. The quantitative estimate of drug-likeness (QED) is 0.900. The van der Waals surface area contributed by atoms with Gasteiger partial charge in [0.15, 0.2) is 0 Å². The van der Waals surface area contributed by atoms with Crippen LogP contribution in [0.2, 0.25) is 5.02 Å². The van der Waals surface area contributed by atoms with E-state index in [0.717, 1.165) is 5.56 Å². The number of nitrogens with zero attached hydrogens (tertiary/aromatic N) is 1. The molecule has 1 aromatic carbocycles. The first-order chi connectivity index (χ1) is 8.97. The Labute approximate surface area is 117 Å². The highest BCUT2D eigenvalue weighted by molar-refractivity contribution is 6.30. The molecule has 19 heavy (non-hydrogen) atoms. The SMILES string of the molecule is CC1NC(=O)CC(C)N(Cc2cccc(Cl)c2)C1=O. The second-order valence-corrected chi connectivity index (χ2v) is 5.37. The predicted octanol–water partition coefficient (Wildman–Crippen LogP) is 1.97.